The highest BCUT2D eigenvalue weighted by Gasteiger charge is 2.44. The van der Waals surface area contributed by atoms with E-state index in [0.717, 1.165) is 11.1 Å². The summed E-state index contributed by atoms with van der Waals surface area (Å²) < 4.78 is 26.9. The van der Waals surface area contributed by atoms with Crippen molar-refractivity contribution in [1.82, 2.24) is 15.5 Å². The fourth-order valence-corrected chi connectivity index (χ4v) is 4.23. The quantitative estimate of drug-likeness (QED) is 0.653. The second-order valence-electron chi connectivity index (χ2n) is 7.81. The minimum Gasteiger partial charge on any atom is -0.326 e. The lowest BCUT2D eigenvalue weighted by Crippen LogP contribution is -2.52. The number of rotatable bonds is 4. The van der Waals surface area contributed by atoms with E-state index in [-0.39, 0.29) is 31.1 Å². The maximum atomic E-state index is 13.5. The summed E-state index contributed by atoms with van der Waals surface area (Å²) in [7, 11) is 0. The third kappa shape index (κ3) is 3.51. The lowest BCUT2D eigenvalue weighted by Gasteiger charge is -2.29. The molecule has 150 valence electrons. The second kappa shape index (κ2) is 6.89. The molecule has 2 fully saturated rings. The van der Waals surface area contributed by atoms with E-state index in [2.05, 4.69) is 10.6 Å². The number of alkyl halides is 2. The van der Waals surface area contributed by atoms with Gasteiger partial charge in [0.25, 0.3) is 11.8 Å². The molecule has 1 aromatic carbocycles. The van der Waals surface area contributed by atoms with Gasteiger partial charge in [-0.25, -0.2) is 8.78 Å². The van der Waals surface area contributed by atoms with Gasteiger partial charge in [-0.05, 0) is 23.6 Å². The number of nitrogens with two attached hydrogens (primary N) is 1. The Balaban J connectivity index is 1.43. The zero-order chi connectivity index (χ0) is 20.1. The van der Waals surface area contributed by atoms with Crippen molar-refractivity contribution < 1.29 is 23.2 Å². The van der Waals surface area contributed by atoms with Gasteiger partial charge in [-0.3, -0.25) is 19.7 Å². The smallest absolute Gasteiger partial charge is 0.255 e. The first-order valence-corrected chi connectivity index (χ1v) is 9.37. The molecule has 1 saturated carbocycles. The van der Waals surface area contributed by atoms with Crippen LogP contribution in [0.2, 0.25) is 0 Å². The molecule has 0 bridgehead atoms. The fraction of sp³-hybridized carbons (Fsp3) is 0.526. The molecule has 9 heteroatoms. The van der Waals surface area contributed by atoms with Crippen molar-refractivity contribution in [2.24, 2.45) is 5.73 Å². The Bertz CT molecular complexity index is 844. The van der Waals surface area contributed by atoms with E-state index in [0.29, 0.717) is 25.1 Å². The average Bonchev–Trinajstić information content (AvgIpc) is 3.08. The van der Waals surface area contributed by atoms with Crippen molar-refractivity contribution in [3.63, 3.8) is 0 Å². The zero-order valence-electron chi connectivity index (χ0n) is 15.2. The van der Waals surface area contributed by atoms with Crippen molar-refractivity contribution in [2.45, 2.75) is 62.8 Å². The Kier molecular flexibility index (Phi) is 4.67. The average molecular weight is 392 g/mol. The summed E-state index contributed by atoms with van der Waals surface area (Å²) >= 11 is 0. The Morgan fingerprint density at radius 2 is 2.04 bits per heavy atom. The minimum atomic E-state index is -2.74. The number of halogens is 2. The predicted octanol–water partition coefficient (Wildman–Crippen LogP) is 0.662. The second-order valence-corrected chi connectivity index (χ2v) is 7.81. The third-order valence-electron chi connectivity index (χ3n) is 5.73. The van der Waals surface area contributed by atoms with Gasteiger partial charge in [0.1, 0.15) is 6.04 Å². The van der Waals surface area contributed by atoms with Gasteiger partial charge in [-0.1, -0.05) is 12.1 Å². The highest BCUT2D eigenvalue weighted by molar-refractivity contribution is 6.05. The number of piperidine rings is 1. The first kappa shape index (κ1) is 18.9. The molecule has 7 nitrogen and oxygen atoms in total. The van der Waals surface area contributed by atoms with Crippen LogP contribution in [0.25, 0.3) is 0 Å². The summed E-state index contributed by atoms with van der Waals surface area (Å²) in [5.41, 5.74) is 7.89. The highest BCUT2D eigenvalue weighted by Crippen LogP contribution is 2.34. The lowest BCUT2D eigenvalue weighted by molar-refractivity contribution is -0.136. The molecular weight excluding hydrogens is 370 g/mol. The number of benzene rings is 1. The largest absolute Gasteiger partial charge is 0.326 e. The van der Waals surface area contributed by atoms with Crippen molar-refractivity contribution in [2.75, 3.05) is 0 Å². The first-order valence-electron chi connectivity index (χ1n) is 9.37. The number of hydrogen-bond donors (Lipinski definition) is 3. The van der Waals surface area contributed by atoms with Gasteiger partial charge in [-0.15, -0.1) is 0 Å². The Morgan fingerprint density at radius 3 is 2.71 bits per heavy atom. The van der Waals surface area contributed by atoms with E-state index in [1.165, 1.54) is 4.90 Å². The molecule has 1 unspecified atom stereocenters. The SMILES string of the molecule is N[C@@H]1CC(F)(F)C[C@H]1NCc1ccc2c(c1)C(=O)N(C1CCC(=O)NC1=O)C2. The number of nitrogens with zero attached hydrogens (tertiary/aromatic N) is 1. The number of hydrogen-bond acceptors (Lipinski definition) is 5. The number of fused-ring (bicyclic) bond motifs is 1. The first-order chi connectivity index (χ1) is 13.2. The van der Waals surface area contributed by atoms with Gasteiger partial charge >= 0.3 is 0 Å². The van der Waals surface area contributed by atoms with Crippen LogP contribution in [-0.2, 0) is 22.7 Å². The molecule has 4 N–H and O–H groups in total. The summed E-state index contributed by atoms with van der Waals surface area (Å²) in [6.45, 7) is 0.640. The van der Waals surface area contributed by atoms with Crippen molar-refractivity contribution in [1.29, 1.82) is 0 Å². The van der Waals surface area contributed by atoms with Crippen LogP contribution in [-0.4, -0.2) is 46.7 Å². The molecule has 3 amide bonds. The number of amides is 3. The monoisotopic (exact) mass is 392 g/mol. The van der Waals surface area contributed by atoms with Crippen LogP contribution in [0.4, 0.5) is 8.78 Å². The van der Waals surface area contributed by atoms with Crippen molar-refractivity contribution in [3.05, 3.63) is 34.9 Å². The molecule has 0 radical (unpaired) electrons. The van der Waals surface area contributed by atoms with Gasteiger partial charge in [0.05, 0.1) is 0 Å². The highest BCUT2D eigenvalue weighted by atomic mass is 19.3. The Morgan fingerprint density at radius 1 is 1.25 bits per heavy atom. The summed E-state index contributed by atoms with van der Waals surface area (Å²) in [6, 6.07) is 3.66. The lowest BCUT2D eigenvalue weighted by atomic mass is 10.0. The van der Waals surface area contributed by atoms with E-state index in [4.69, 9.17) is 5.73 Å². The fourth-order valence-electron chi connectivity index (χ4n) is 4.23. The predicted molar refractivity (Wildman–Crippen MR) is 95.3 cm³/mol. The van der Waals surface area contributed by atoms with Crippen LogP contribution < -0.4 is 16.4 Å². The van der Waals surface area contributed by atoms with Crippen molar-refractivity contribution >= 4 is 17.7 Å². The Hall–Kier alpha value is -2.39. The van der Waals surface area contributed by atoms with Crippen LogP contribution in [0.5, 0.6) is 0 Å². The molecule has 1 saturated heterocycles. The molecule has 3 atom stereocenters. The van der Waals surface area contributed by atoms with Gasteiger partial charge in [0.2, 0.25) is 11.8 Å². The Labute approximate surface area is 160 Å². The number of imide groups is 1. The number of carbonyl (C=O) groups is 3. The number of nitrogens with one attached hydrogen (secondary N) is 2. The molecule has 1 aromatic rings. The molecule has 28 heavy (non-hydrogen) atoms. The van der Waals surface area contributed by atoms with E-state index >= 15 is 0 Å². The third-order valence-corrected chi connectivity index (χ3v) is 5.73. The molecular formula is C19H22F2N4O3. The molecule has 2 heterocycles. The van der Waals surface area contributed by atoms with E-state index in [9.17, 15) is 23.2 Å². The minimum absolute atomic E-state index is 0.206. The molecule has 0 aromatic heterocycles. The van der Waals surface area contributed by atoms with Crippen molar-refractivity contribution in [3.8, 4) is 0 Å². The molecule has 0 spiro atoms. The van der Waals surface area contributed by atoms with Crippen LogP contribution in [0, 0.1) is 0 Å². The molecule has 1 aliphatic carbocycles. The number of carbonyl (C=O) groups excluding carboxylic acids is 3. The molecule has 2 aliphatic heterocycles. The maximum Gasteiger partial charge on any atom is 0.255 e. The van der Waals surface area contributed by atoms with E-state index in [1.54, 1.807) is 6.07 Å². The molecule has 4 rings (SSSR count). The van der Waals surface area contributed by atoms with Gasteiger partial charge in [-0.2, -0.15) is 0 Å². The topological polar surface area (TPSA) is 105 Å². The van der Waals surface area contributed by atoms with Gasteiger partial charge < -0.3 is 16.0 Å². The molecule has 3 aliphatic rings. The van der Waals surface area contributed by atoms with E-state index in [1.807, 2.05) is 12.1 Å². The zero-order valence-corrected chi connectivity index (χ0v) is 15.2. The van der Waals surface area contributed by atoms with E-state index < -0.39 is 30.0 Å². The van der Waals surface area contributed by atoms with Crippen LogP contribution in [0.1, 0.15) is 47.2 Å². The van der Waals surface area contributed by atoms with Gasteiger partial charge in [0, 0.05) is 50.0 Å². The van der Waals surface area contributed by atoms with Crippen LogP contribution in [0.15, 0.2) is 18.2 Å². The maximum absolute atomic E-state index is 13.5. The normalized spacial score (nSPS) is 29.2. The standard InChI is InChI=1S/C19H22F2N4O3/c20-19(21)6-13(22)14(7-19)23-8-10-1-2-11-9-25(18(28)12(11)5-10)15-3-4-16(26)24-17(15)27/h1-2,5,13-15,23H,3-4,6-9,22H2,(H,24,26,27)/t13-,14-,15?/m1/s1. The summed E-state index contributed by atoms with van der Waals surface area (Å²) in [5.74, 6) is -3.77. The van der Waals surface area contributed by atoms with Gasteiger partial charge in [0.15, 0.2) is 0 Å². The summed E-state index contributed by atoms with van der Waals surface area (Å²) in [6.07, 6.45) is -0.0971. The summed E-state index contributed by atoms with van der Waals surface area (Å²) in [5, 5.41) is 5.34. The van der Waals surface area contributed by atoms with Crippen LogP contribution in [0.3, 0.4) is 0 Å². The summed E-state index contributed by atoms with van der Waals surface area (Å²) in [4.78, 5) is 37.7. The van der Waals surface area contributed by atoms with Crippen LogP contribution >= 0.6 is 0 Å².